The van der Waals surface area contributed by atoms with Crippen LogP contribution in [0.2, 0.25) is 0 Å². The van der Waals surface area contributed by atoms with Crippen molar-refractivity contribution < 1.29 is 9.18 Å². The maximum absolute atomic E-state index is 12.8. The van der Waals surface area contributed by atoms with E-state index in [1.54, 1.807) is 17.0 Å². The van der Waals surface area contributed by atoms with Gasteiger partial charge in [-0.05, 0) is 37.1 Å². The summed E-state index contributed by atoms with van der Waals surface area (Å²) in [4.78, 5) is 13.6. The third-order valence-electron chi connectivity index (χ3n) is 2.54. The van der Waals surface area contributed by atoms with Crippen LogP contribution in [0.5, 0.6) is 0 Å². The number of carbonyl (C=O) groups is 1. The fraction of sp³-hybridized carbons (Fsp3) is 0.462. The summed E-state index contributed by atoms with van der Waals surface area (Å²) < 4.78 is 12.8. The third-order valence-corrected chi connectivity index (χ3v) is 3.99. The van der Waals surface area contributed by atoms with Crippen LogP contribution in [0.1, 0.15) is 20.8 Å². The maximum atomic E-state index is 12.8. The number of alkyl halides is 1. The Bertz CT molecular complexity index is 378. The quantitative estimate of drug-likeness (QED) is 0.778. The Balaban J connectivity index is 2.91. The van der Waals surface area contributed by atoms with E-state index in [-0.39, 0.29) is 22.5 Å². The molecule has 1 rings (SSSR count). The number of benzene rings is 1. The molecule has 0 spiro atoms. The van der Waals surface area contributed by atoms with Crippen molar-refractivity contribution in [2.45, 2.75) is 25.6 Å². The van der Waals surface area contributed by atoms with Crippen LogP contribution in [0.4, 0.5) is 10.1 Å². The topological polar surface area (TPSA) is 20.3 Å². The van der Waals surface area contributed by atoms with E-state index in [2.05, 4.69) is 15.9 Å². The fourth-order valence-electron chi connectivity index (χ4n) is 1.52. The lowest BCUT2D eigenvalue weighted by molar-refractivity contribution is -0.118. The van der Waals surface area contributed by atoms with Crippen molar-refractivity contribution in [1.29, 1.82) is 0 Å². The minimum absolute atomic E-state index is 0.00843. The molecule has 0 fully saturated rings. The van der Waals surface area contributed by atoms with Crippen LogP contribution < -0.4 is 4.90 Å². The Labute approximate surface area is 110 Å². The lowest BCUT2D eigenvalue weighted by Gasteiger charge is -2.25. The average Bonchev–Trinajstić information content (AvgIpc) is 2.31. The number of hydrogen-bond donors (Lipinski definition) is 0. The average molecular weight is 302 g/mol. The molecule has 0 aliphatic carbocycles. The van der Waals surface area contributed by atoms with Crippen molar-refractivity contribution >= 4 is 27.5 Å². The number of carbonyl (C=O) groups excluding carboxylic acids is 1. The molecule has 2 nitrogen and oxygen atoms in total. The molecule has 1 amide bonds. The van der Waals surface area contributed by atoms with Gasteiger partial charge in [0.05, 0.1) is 4.83 Å². The van der Waals surface area contributed by atoms with Crippen LogP contribution in [0.15, 0.2) is 24.3 Å². The highest BCUT2D eigenvalue weighted by Crippen LogP contribution is 2.21. The number of hydrogen-bond acceptors (Lipinski definition) is 1. The Hall–Kier alpha value is -0.900. The molecule has 4 heteroatoms. The van der Waals surface area contributed by atoms with Crippen LogP contribution in [0.3, 0.4) is 0 Å². The first-order valence-corrected chi connectivity index (χ1v) is 6.60. The van der Waals surface area contributed by atoms with Gasteiger partial charge in [0.1, 0.15) is 5.82 Å². The zero-order chi connectivity index (χ0) is 13.0. The molecule has 0 aromatic heterocycles. The van der Waals surface area contributed by atoms with E-state index in [0.29, 0.717) is 6.54 Å². The lowest BCUT2D eigenvalue weighted by Crippen LogP contribution is -2.38. The number of nitrogens with zero attached hydrogens (tertiary/aromatic N) is 1. The van der Waals surface area contributed by atoms with Crippen molar-refractivity contribution in [3.63, 3.8) is 0 Å². The molecule has 0 bridgehead atoms. The lowest BCUT2D eigenvalue weighted by atomic mass is 10.1. The molecule has 1 unspecified atom stereocenters. The first-order valence-electron chi connectivity index (χ1n) is 5.68. The Morgan fingerprint density at radius 2 is 1.88 bits per heavy atom. The first kappa shape index (κ1) is 14.2. The molecule has 1 aromatic carbocycles. The summed E-state index contributed by atoms with van der Waals surface area (Å²) in [7, 11) is 0. The summed E-state index contributed by atoms with van der Waals surface area (Å²) in [5.74, 6) is -0.0670. The van der Waals surface area contributed by atoms with Gasteiger partial charge in [0.2, 0.25) is 5.91 Å². The van der Waals surface area contributed by atoms with E-state index < -0.39 is 0 Å². The zero-order valence-corrected chi connectivity index (χ0v) is 11.9. The monoisotopic (exact) mass is 301 g/mol. The molecule has 17 heavy (non-hydrogen) atoms. The van der Waals surface area contributed by atoms with Gasteiger partial charge in [-0.2, -0.15) is 0 Å². The van der Waals surface area contributed by atoms with Crippen LogP contribution in [-0.2, 0) is 4.79 Å². The smallest absolute Gasteiger partial charge is 0.241 e. The van der Waals surface area contributed by atoms with Crippen molar-refractivity contribution in [2.24, 2.45) is 5.92 Å². The third kappa shape index (κ3) is 3.53. The Morgan fingerprint density at radius 1 is 1.35 bits per heavy atom. The molecule has 1 aromatic rings. The Kier molecular flexibility index (Phi) is 5.12. The summed E-state index contributed by atoms with van der Waals surface area (Å²) in [5.41, 5.74) is 0.726. The van der Waals surface area contributed by atoms with Gasteiger partial charge in [-0.15, -0.1) is 0 Å². The van der Waals surface area contributed by atoms with Gasteiger partial charge in [0, 0.05) is 12.2 Å². The van der Waals surface area contributed by atoms with Gasteiger partial charge >= 0.3 is 0 Å². The maximum Gasteiger partial charge on any atom is 0.241 e. The van der Waals surface area contributed by atoms with E-state index in [1.807, 2.05) is 20.8 Å². The molecule has 0 heterocycles. The van der Waals surface area contributed by atoms with Crippen LogP contribution in [-0.4, -0.2) is 17.3 Å². The normalized spacial score (nSPS) is 12.6. The van der Waals surface area contributed by atoms with Crippen molar-refractivity contribution in [1.82, 2.24) is 0 Å². The summed E-state index contributed by atoms with van der Waals surface area (Å²) in [6.45, 7) is 6.44. The second-order valence-electron chi connectivity index (χ2n) is 4.20. The van der Waals surface area contributed by atoms with Gasteiger partial charge in [-0.3, -0.25) is 4.79 Å². The van der Waals surface area contributed by atoms with Gasteiger partial charge in [-0.25, -0.2) is 4.39 Å². The van der Waals surface area contributed by atoms with E-state index in [9.17, 15) is 9.18 Å². The highest BCUT2D eigenvalue weighted by molar-refractivity contribution is 9.10. The van der Waals surface area contributed by atoms with Gasteiger partial charge in [0.25, 0.3) is 0 Å². The molecule has 0 aliphatic heterocycles. The molecule has 1 atom stereocenters. The summed E-state index contributed by atoms with van der Waals surface area (Å²) in [6, 6.07) is 5.97. The SMILES string of the molecule is CCN(C(=O)C(Br)C(C)C)c1ccc(F)cc1. The second-order valence-corrected chi connectivity index (χ2v) is 5.19. The number of amides is 1. The minimum Gasteiger partial charge on any atom is -0.312 e. The van der Waals surface area contributed by atoms with E-state index in [0.717, 1.165) is 5.69 Å². The molecule has 94 valence electrons. The van der Waals surface area contributed by atoms with E-state index in [4.69, 9.17) is 0 Å². The fourth-order valence-corrected chi connectivity index (χ4v) is 1.77. The minimum atomic E-state index is -0.295. The van der Waals surface area contributed by atoms with Gasteiger partial charge in [-0.1, -0.05) is 29.8 Å². The van der Waals surface area contributed by atoms with Gasteiger partial charge < -0.3 is 4.90 Å². The molecule has 0 radical (unpaired) electrons. The van der Waals surface area contributed by atoms with Crippen LogP contribution in [0.25, 0.3) is 0 Å². The predicted octanol–water partition coefficient (Wildman–Crippen LogP) is 3.60. The highest BCUT2D eigenvalue weighted by Gasteiger charge is 2.24. The zero-order valence-electron chi connectivity index (χ0n) is 10.3. The van der Waals surface area contributed by atoms with Crippen LogP contribution in [0, 0.1) is 11.7 Å². The standard InChI is InChI=1S/C13H17BrFNO/c1-4-16(13(17)12(14)9(2)3)11-7-5-10(15)6-8-11/h5-9,12H,4H2,1-3H3. The molecule has 0 aliphatic rings. The largest absolute Gasteiger partial charge is 0.312 e. The molecule has 0 saturated carbocycles. The molecular weight excluding hydrogens is 285 g/mol. The van der Waals surface area contributed by atoms with Crippen molar-refractivity contribution in [3.05, 3.63) is 30.1 Å². The molecule has 0 saturated heterocycles. The van der Waals surface area contributed by atoms with Crippen molar-refractivity contribution in [3.8, 4) is 0 Å². The van der Waals surface area contributed by atoms with Crippen molar-refractivity contribution in [2.75, 3.05) is 11.4 Å². The Morgan fingerprint density at radius 3 is 2.29 bits per heavy atom. The molecule has 0 N–H and O–H groups in total. The second kappa shape index (κ2) is 6.15. The molecular formula is C13H17BrFNO. The van der Waals surface area contributed by atoms with E-state index in [1.165, 1.54) is 12.1 Å². The van der Waals surface area contributed by atoms with Gasteiger partial charge in [0.15, 0.2) is 0 Å². The summed E-state index contributed by atoms with van der Waals surface area (Å²) in [5, 5.41) is 0. The summed E-state index contributed by atoms with van der Waals surface area (Å²) in [6.07, 6.45) is 0. The first-order chi connectivity index (χ1) is 7.97. The predicted molar refractivity (Wildman–Crippen MR) is 72.0 cm³/mol. The number of anilines is 1. The van der Waals surface area contributed by atoms with Crippen LogP contribution >= 0.6 is 15.9 Å². The number of rotatable bonds is 4. The highest BCUT2D eigenvalue weighted by atomic mass is 79.9. The van der Waals surface area contributed by atoms with E-state index >= 15 is 0 Å². The summed E-state index contributed by atoms with van der Waals surface area (Å²) >= 11 is 3.40. The number of halogens is 2.